The zero-order chi connectivity index (χ0) is 23.7. The standard InChI is InChI=1S/C26H24N2O6/c29-24(28-13-6-5-11-22(28)25(30)31)23-21(12-14-33-23)27-26(32)34-15-20-18-9-3-1-7-16(18)17-8-2-4-10-19(17)20/h1-4,7-10,12,14,20,22H,5-6,11,13,15H2,(H,27,32)(H,30,31). The number of ether oxygens (including phenoxy) is 1. The van der Waals surface area contributed by atoms with Crippen molar-refractivity contribution < 1.29 is 28.6 Å². The van der Waals surface area contributed by atoms with Crippen LogP contribution in [0.3, 0.4) is 0 Å². The summed E-state index contributed by atoms with van der Waals surface area (Å²) in [6.07, 6.45) is 2.41. The molecule has 2 aliphatic rings. The van der Waals surface area contributed by atoms with Crippen LogP contribution in [0.5, 0.6) is 0 Å². The molecule has 34 heavy (non-hydrogen) atoms. The molecule has 1 unspecified atom stereocenters. The molecule has 1 aliphatic heterocycles. The minimum absolute atomic E-state index is 0.0896. The molecule has 5 rings (SSSR count). The maximum absolute atomic E-state index is 13.0. The number of carbonyl (C=O) groups excluding carboxylic acids is 2. The van der Waals surface area contributed by atoms with Gasteiger partial charge in [0, 0.05) is 18.5 Å². The molecule has 0 saturated carbocycles. The summed E-state index contributed by atoms with van der Waals surface area (Å²) in [6, 6.07) is 16.6. The number of hydrogen-bond acceptors (Lipinski definition) is 5. The van der Waals surface area contributed by atoms with Gasteiger partial charge in [0.15, 0.2) is 0 Å². The van der Waals surface area contributed by atoms with Gasteiger partial charge in [0.1, 0.15) is 12.6 Å². The number of hydrogen-bond donors (Lipinski definition) is 2. The molecule has 2 amide bonds. The Morgan fingerprint density at radius 3 is 2.35 bits per heavy atom. The lowest BCUT2D eigenvalue weighted by Gasteiger charge is -2.32. The van der Waals surface area contributed by atoms with Gasteiger partial charge in [-0.15, -0.1) is 0 Å². The Morgan fingerprint density at radius 2 is 1.68 bits per heavy atom. The average Bonchev–Trinajstić information content (AvgIpc) is 3.44. The zero-order valence-electron chi connectivity index (χ0n) is 18.4. The van der Waals surface area contributed by atoms with Gasteiger partial charge in [0.05, 0.1) is 12.0 Å². The van der Waals surface area contributed by atoms with Gasteiger partial charge in [0.25, 0.3) is 5.91 Å². The van der Waals surface area contributed by atoms with Crippen LogP contribution in [0, 0.1) is 0 Å². The van der Waals surface area contributed by atoms with E-state index in [4.69, 9.17) is 9.15 Å². The van der Waals surface area contributed by atoms with E-state index in [1.807, 2.05) is 36.4 Å². The zero-order valence-corrected chi connectivity index (χ0v) is 18.4. The molecule has 0 bridgehead atoms. The van der Waals surface area contributed by atoms with Crippen molar-refractivity contribution in [3.63, 3.8) is 0 Å². The minimum atomic E-state index is -1.05. The first-order chi connectivity index (χ1) is 16.5. The first-order valence-electron chi connectivity index (χ1n) is 11.3. The number of carboxylic acids is 1. The molecule has 174 valence electrons. The van der Waals surface area contributed by atoms with Crippen molar-refractivity contribution in [1.29, 1.82) is 0 Å². The van der Waals surface area contributed by atoms with Crippen LogP contribution in [-0.4, -0.2) is 47.2 Å². The van der Waals surface area contributed by atoms with E-state index in [1.165, 1.54) is 17.2 Å². The van der Waals surface area contributed by atoms with Gasteiger partial charge in [-0.3, -0.25) is 10.1 Å². The number of benzene rings is 2. The van der Waals surface area contributed by atoms with Crippen LogP contribution in [0.1, 0.15) is 46.9 Å². The largest absolute Gasteiger partial charge is 0.480 e. The Balaban J connectivity index is 1.28. The quantitative estimate of drug-likeness (QED) is 0.570. The molecule has 2 aromatic carbocycles. The van der Waals surface area contributed by atoms with E-state index in [2.05, 4.69) is 17.4 Å². The monoisotopic (exact) mass is 460 g/mol. The molecule has 8 nitrogen and oxygen atoms in total. The second kappa shape index (κ2) is 9.05. The molecule has 1 saturated heterocycles. The van der Waals surface area contributed by atoms with Crippen LogP contribution < -0.4 is 5.32 Å². The second-order valence-electron chi connectivity index (χ2n) is 8.46. The topological polar surface area (TPSA) is 109 Å². The molecule has 1 atom stereocenters. The van der Waals surface area contributed by atoms with Gasteiger partial charge in [-0.2, -0.15) is 0 Å². The summed E-state index contributed by atoms with van der Waals surface area (Å²) in [5, 5.41) is 12.0. The van der Waals surface area contributed by atoms with Crippen molar-refractivity contribution >= 4 is 23.7 Å². The molecule has 3 aromatic rings. The Bertz CT molecular complexity index is 1200. The summed E-state index contributed by atoms with van der Waals surface area (Å²) in [5.74, 6) is -1.81. The van der Waals surface area contributed by atoms with Crippen molar-refractivity contribution in [3.05, 3.63) is 77.7 Å². The van der Waals surface area contributed by atoms with E-state index in [0.717, 1.165) is 28.7 Å². The number of carbonyl (C=O) groups is 3. The lowest BCUT2D eigenvalue weighted by Crippen LogP contribution is -2.48. The maximum atomic E-state index is 13.0. The van der Waals surface area contributed by atoms with Crippen LogP contribution in [0.4, 0.5) is 10.5 Å². The van der Waals surface area contributed by atoms with E-state index in [1.54, 1.807) is 0 Å². The fraction of sp³-hybridized carbons (Fsp3) is 0.269. The molecule has 0 radical (unpaired) electrons. The summed E-state index contributed by atoms with van der Waals surface area (Å²) in [6.45, 7) is 0.453. The highest BCUT2D eigenvalue weighted by molar-refractivity contribution is 6.01. The van der Waals surface area contributed by atoms with Crippen LogP contribution >= 0.6 is 0 Å². The number of nitrogens with zero attached hydrogens (tertiary/aromatic N) is 1. The summed E-state index contributed by atoms with van der Waals surface area (Å²) >= 11 is 0. The number of likely N-dealkylation sites (tertiary alicyclic amines) is 1. The molecule has 0 spiro atoms. The Labute approximate surface area is 196 Å². The van der Waals surface area contributed by atoms with Crippen LogP contribution in [-0.2, 0) is 9.53 Å². The molecule has 2 heterocycles. The number of amides is 2. The summed E-state index contributed by atoms with van der Waals surface area (Å²) in [5.41, 5.74) is 4.60. The molecule has 1 fully saturated rings. The highest BCUT2D eigenvalue weighted by Gasteiger charge is 2.35. The highest BCUT2D eigenvalue weighted by Crippen LogP contribution is 2.44. The third-order valence-corrected chi connectivity index (χ3v) is 6.49. The lowest BCUT2D eigenvalue weighted by atomic mass is 9.98. The van der Waals surface area contributed by atoms with Crippen molar-refractivity contribution in [2.45, 2.75) is 31.2 Å². The Morgan fingerprint density at radius 1 is 1.00 bits per heavy atom. The van der Waals surface area contributed by atoms with Crippen molar-refractivity contribution in [2.75, 3.05) is 18.5 Å². The van der Waals surface area contributed by atoms with Gasteiger partial charge in [-0.1, -0.05) is 48.5 Å². The summed E-state index contributed by atoms with van der Waals surface area (Å²) < 4.78 is 10.9. The van der Waals surface area contributed by atoms with Gasteiger partial charge in [0.2, 0.25) is 5.76 Å². The Kier molecular flexibility index (Phi) is 5.79. The number of piperidine rings is 1. The summed E-state index contributed by atoms with van der Waals surface area (Å²) in [4.78, 5) is 38.5. The fourth-order valence-corrected chi connectivity index (χ4v) is 4.88. The second-order valence-corrected chi connectivity index (χ2v) is 8.46. The van der Waals surface area contributed by atoms with Crippen LogP contribution in [0.2, 0.25) is 0 Å². The first kappa shape index (κ1) is 21.8. The van der Waals surface area contributed by atoms with E-state index in [-0.39, 0.29) is 24.0 Å². The van der Waals surface area contributed by atoms with Crippen LogP contribution in [0.25, 0.3) is 11.1 Å². The number of rotatable bonds is 5. The minimum Gasteiger partial charge on any atom is -0.480 e. The van der Waals surface area contributed by atoms with Gasteiger partial charge in [-0.25, -0.2) is 9.59 Å². The van der Waals surface area contributed by atoms with Gasteiger partial charge >= 0.3 is 12.1 Å². The molecule has 8 heteroatoms. The van der Waals surface area contributed by atoms with Crippen molar-refractivity contribution in [3.8, 4) is 11.1 Å². The smallest absolute Gasteiger partial charge is 0.411 e. The number of fused-ring (bicyclic) bond motifs is 3. The number of anilines is 1. The lowest BCUT2D eigenvalue weighted by molar-refractivity contribution is -0.143. The third kappa shape index (κ3) is 3.91. The van der Waals surface area contributed by atoms with E-state index in [0.29, 0.717) is 19.4 Å². The van der Waals surface area contributed by atoms with Crippen molar-refractivity contribution in [2.24, 2.45) is 0 Å². The highest BCUT2D eigenvalue weighted by atomic mass is 16.5. The molecular weight excluding hydrogens is 436 g/mol. The number of furan rings is 1. The van der Waals surface area contributed by atoms with E-state index >= 15 is 0 Å². The predicted molar refractivity (Wildman–Crippen MR) is 124 cm³/mol. The van der Waals surface area contributed by atoms with Gasteiger partial charge in [-0.05, 0) is 41.5 Å². The SMILES string of the molecule is O=C(Nc1ccoc1C(=O)N1CCCCC1C(=O)O)OCC1c2ccccc2-c2ccccc21. The normalized spacial score (nSPS) is 17.1. The van der Waals surface area contributed by atoms with E-state index in [9.17, 15) is 19.5 Å². The van der Waals surface area contributed by atoms with Crippen LogP contribution in [0.15, 0.2) is 65.3 Å². The number of nitrogens with one attached hydrogen (secondary N) is 1. The third-order valence-electron chi connectivity index (χ3n) is 6.49. The number of aliphatic carboxylic acids is 1. The molecule has 1 aliphatic carbocycles. The maximum Gasteiger partial charge on any atom is 0.411 e. The Hall–Kier alpha value is -4.07. The number of carboxylic acid groups (broad SMARTS) is 1. The predicted octanol–water partition coefficient (Wildman–Crippen LogP) is 4.72. The summed E-state index contributed by atoms with van der Waals surface area (Å²) in [7, 11) is 0. The molecule has 1 aromatic heterocycles. The van der Waals surface area contributed by atoms with Gasteiger partial charge < -0.3 is 19.2 Å². The first-order valence-corrected chi connectivity index (χ1v) is 11.3. The van der Waals surface area contributed by atoms with E-state index < -0.39 is 24.0 Å². The fourth-order valence-electron chi connectivity index (χ4n) is 4.88. The van der Waals surface area contributed by atoms with Crippen molar-refractivity contribution in [1.82, 2.24) is 4.90 Å². The molecule has 2 N–H and O–H groups in total. The molecular formula is C26H24N2O6. The average molecular weight is 460 g/mol.